The van der Waals surface area contributed by atoms with Crippen LogP contribution in [0.15, 0.2) is 41.0 Å². The zero-order valence-corrected chi connectivity index (χ0v) is 14.6. The minimum atomic E-state index is -0.728. The van der Waals surface area contributed by atoms with Crippen LogP contribution in [0.2, 0.25) is 0 Å². The van der Waals surface area contributed by atoms with E-state index in [9.17, 15) is 14.3 Å². The van der Waals surface area contributed by atoms with Gasteiger partial charge in [0.1, 0.15) is 21.7 Å². The topological polar surface area (TPSA) is 81.5 Å². The summed E-state index contributed by atoms with van der Waals surface area (Å²) >= 11 is 3.23. The molecule has 0 aliphatic rings. The summed E-state index contributed by atoms with van der Waals surface area (Å²) in [5.74, 6) is -0.788. The van der Waals surface area contributed by atoms with Gasteiger partial charge in [0.25, 0.3) is 0 Å². The van der Waals surface area contributed by atoms with Gasteiger partial charge in [0, 0.05) is 11.5 Å². The number of aromatic hydroxyl groups is 1. The van der Waals surface area contributed by atoms with Gasteiger partial charge in [0.05, 0.1) is 6.61 Å². The Bertz CT molecular complexity index is 948. The molecule has 2 aromatic heterocycles. The van der Waals surface area contributed by atoms with Crippen molar-refractivity contribution in [1.82, 2.24) is 9.97 Å². The van der Waals surface area contributed by atoms with Crippen molar-refractivity contribution >= 4 is 32.8 Å². The van der Waals surface area contributed by atoms with Gasteiger partial charge in [0.2, 0.25) is 5.88 Å². The molecule has 0 spiro atoms. The number of carbonyl (C=O) groups excluding carboxylic acids is 1. The summed E-state index contributed by atoms with van der Waals surface area (Å²) in [6.45, 7) is 1.82. The summed E-state index contributed by atoms with van der Waals surface area (Å²) in [4.78, 5) is 20.1. The summed E-state index contributed by atoms with van der Waals surface area (Å²) in [5, 5.41) is 10.6. The van der Waals surface area contributed by atoms with Gasteiger partial charge in [-0.2, -0.15) is 0 Å². The van der Waals surface area contributed by atoms with Crippen LogP contribution in [0.5, 0.6) is 17.4 Å². The van der Waals surface area contributed by atoms with Crippen molar-refractivity contribution < 1.29 is 23.8 Å². The smallest absolute Gasteiger partial charge is 0.360 e. The van der Waals surface area contributed by atoms with Crippen LogP contribution in [-0.4, -0.2) is 27.7 Å². The largest absolute Gasteiger partial charge is 0.505 e. The standard InChI is InChI=1S/C17H12BrFN2O4/c1-2-24-17(23)14-15(22)11-7-8-12(20-13(11)16(18)21-14)25-10-5-3-9(19)4-6-10/h3-8,22H,2H2,1H3. The third-order valence-corrected chi connectivity index (χ3v) is 3.81. The van der Waals surface area contributed by atoms with Crippen molar-refractivity contribution in [3.8, 4) is 17.4 Å². The van der Waals surface area contributed by atoms with Gasteiger partial charge < -0.3 is 14.6 Å². The summed E-state index contributed by atoms with van der Waals surface area (Å²) in [6.07, 6.45) is 0. The van der Waals surface area contributed by atoms with Crippen molar-refractivity contribution in [2.24, 2.45) is 0 Å². The molecule has 1 aromatic carbocycles. The Morgan fingerprint density at radius 3 is 2.60 bits per heavy atom. The average molecular weight is 407 g/mol. The Balaban J connectivity index is 2.00. The third kappa shape index (κ3) is 3.53. The third-order valence-electron chi connectivity index (χ3n) is 3.26. The lowest BCUT2D eigenvalue weighted by atomic mass is 10.2. The van der Waals surface area contributed by atoms with Gasteiger partial charge >= 0.3 is 5.97 Å². The molecule has 3 rings (SSSR count). The molecule has 0 aliphatic heterocycles. The minimum absolute atomic E-state index is 0.165. The highest BCUT2D eigenvalue weighted by molar-refractivity contribution is 9.10. The molecule has 0 aliphatic carbocycles. The van der Waals surface area contributed by atoms with Crippen molar-refractivity contribution in [3.63, 3.8) is 0 Å². The highest BCUT2D eigenvalue weighted by Crippen LogP contribution is 2.33. The van der Waals surface area contributed by atoms with Crippen LogP contribution in [0.1, 0.15) is 17.4 Å². The normalized spacial score (nSPS) is 10.7. The summed E-state index contributed by atoms with van der Waals surface area (Å²) in [6, 6.07) is 8.54. The van der Waals surface area contributed by atoms with Crippen LogP contribution in [0.4, 0.5) is 4.39 Å². The summed E-state index contributed by atoms with van der Waals surface area (Å²) < 4.78 is 23.6. The van der Waals surface area contributed by atoms with E-state index in [1.54, 1.807) is 13.0 Å². The molecule has 0 unspecified atom stereocenters. The minimum Gasteiger partial charge on any atom is -0.505 e. The Morgan fingerprint density at radius 2 is 1.92 bits per heavy atom. The molecule has 0 saturated carbocycles. The van der Waals surface area contributed by atoms with Gasteiger partial charge in [-0.15, -0.1) is 0 Å². The van der Waals surface area contributed by atoms with Crippen LogP contribution in [0.25, 0.3) is 10.9 Å². The number of esters is 1. The number of nitrogens with zero attached hydrogens (tertiary/aromatic N) is 2. The second kappa shape index (κ2) is 7.02. The lowest BCUT2D eigenvalue weighted by Crippen LogP contribution is -2.08. The number of rotatable bonds is 4. The molecule has 128 valence electrons. The quantitative estimate of drug-likeness (QED) is 0.516. The van der Waals surface area contributed by atoms with Crippen LogP contribution >= 0.6 is 15.9 Å². The SMILES string of the molecule is CCOC(=O)c1nc(Br)c2nc(Oc3ccc(F)cc3)ccc2c1O. The maximum absolute atomic E-state index is 12.9. The zero-order chi connectivity index (χ0) is 18.0. The number of halogens is 2. The fraction of sp³-hybridized carbons (Fsp3) is 0.118. The van der Waals surface area contributed by atoms with Crippen LogP contribution in [0.3, 0.4) is 0 Å². The van der Waals surface area contributed by atoms with E-state index in [0.717, 1.165) is 0 Å². The summed E-state index contributed by atoms with van der Waals surface area (Å²) in [5.41, 5.74) is 0.111. The van der Waals surface area contributed by atoms with Gasteiger partial charge in [-0.25, -0.2) is 19.2 Å². The monoisotopic (exact) mass is 406 g/mol. The molecule has 3 aromatic rings. The van der Waals surface area contributed by atoms with Crippen LogP contribution < -0.4 is 4.74 Å². The number of ether oxygens (including phenoxy) is 2. The molecule has 0 atom stereocenters. The summed E-state index contributed by atoms with van der Waals surface area (Å²) in [7, 11) is 0. The Labute approximate surface area is 150 Å². The second-order valence-corrected chi connectivity index (χ2v) is 5.67. The van der Waals surface area contributed by atoms with Gasteiger partial charge in [-0.05, 0) is 53.2 Å². The molecule has 6 nitrogen and oxygen atoms in total. The molecule has 25 heavy (non-hydrogen) atoms. The van der Waals surface area contributed by atoms with Crippen molar-refractivity contribution in [1.29, 1.82) is 0 Å². The fourth-order valence-electron chi connectivity index (χ4n) is 2.14. The number of fused-ring (bicyclic) bond motifs is 1. The van der Waals surface area contributed by atoms with E-state index in [0.29, 0.717) is 16.7 Å². The first kappa shape index (κ1) is 17.1. The number of benzene rings is 1. The molecule has 2 heterocycles. The highest BCUT2D eigenvalue weighted by atomic mass is 79.9. The Morgan fingerprint density at radius 1 is 1.20 bits per heavy atom. The van der Waals surface area contributed by atoms with E-state index in [2.05, 4.69) is 25.9 Å². The first-order chi connectivity index (χ1) is 12.0. The van der Waals surface area contributed by atoms with Gasteiger partial charge in [0.15, 0.2) is 11.4 Å². The second-order valence-electron chi connectivity index (χ2n) is 4.92. The molecular weight excluding hydrogens is 395 g/mol. The lowest BCUT2D eigenvalue weighted by Gasteiger charge is -2.10. The number of aromatic nitrogens is 2. The first-order valence-corrected chi connectivity index (χ1v) is 8.08. The number of carbonyl (C=O) groups is 1. The van der Waals surface area contributed by atoms with E-state index in [1.165, 1.54) is 30.3 Å². The number of pyridine rings is 2. The van der Waals surface area contributed by atoms with E-state index in [-0.39, 0.29) is 34.4 Å². The Kier molecular flexibility index (Phi) is 4.80. The van der Waals surface area contributed by atoms with Crippen LogP contribution in [-0.2, 0) is 4.74 Å². The first-order valence-electron chi connectivity index (χ1n) is 7.29. The predicted molar refractivity (Wildman–Crippen MR) is 91.3 cm³/mol. The van der Waals surface area contributed by atoms with Crippen LogP contribution in [0, 0.1) is 5.82 Å². The molecule has 0 radical (unpaired) electrons. The molecule has 0 amide bonds. The predicted octanol–water partition coefficient (Wildman–Crippen LogP) is 4.21. The van der Waals surface area contributed by atoms with E-state index in [1.807, 2.05) is 0 Å². The molecule has 0 bridgehead atoms. The fourth-order valence-corrected chi connectivity index (χ4v) is 2.62. The van der Waals surface area contributed by atoms with E-state index < -0.39 is 5.97 Å². The van der Waals surface area contributed by atoms with E-state index >= 15 is 0 Å². The van der Waals surface area contributed by atoms with Crippen molar-refractivity contribution in [3.05, 3.63) is 52.5 Å². The zero-order valence-electron chi connectivity index (χ0n) is 13.0. The molecule has 0 fully saturated rings. The van der Waals surface area contributed by atoms with E-state index in [4.69, 9.17) is 9.47 Å². The molecule has 8 heteroatoms. The molecule has 0 saturated heterocycles. The Hall–Kier alpha value is -2.74. The maximum Gasteiger partial charge on any atom is 0.360 e. The average Bonchev–Trinajstić information content (AvgIpc) is 2.60. The van der Waals surface area contributed by atoms with Crippen molar-refractivity contribution in [2.75, 3.05) is 6.61 Å². The number of hydrogen-bond acceptors (Lipinski definition) is 6. The maximum atomic E-state index is 12.9. The lowest BCUT2D eigenvalue weighted by molar-refractivity contribution is 0.0516. The van der Waals surface area contributed by atoms with Gasteiger partial charge in [-0.3, -0.25) is 0 Å². The molecule has 1 N–H and O–H groups in total. The highest BCUT2D eigenvalue weighted by Gasteiger charge is 2.20. The van der Waals surface area contributed by atoms with Crippen molar-refractivity contribution in [2.45, 2.75) is 6.92 Å². The number of hydrogen-bond donors (Lipinski definition) is 1. The van der Waals surface area contributed by atoms with Gasteiger partial charge in [-0.1, -0.05) is 0 Å². The molecular formula is C17H12BrFN2O4.